The molecule has 0 radical (unpaired) electrons. The van der Waals surface area contributed by atoms with Gasteiger partial charge >= 0.3 is 6.09 Å². The lowest BCUT2D eigenvalue weighted by atomic mass is 10.1. The largest absolute Gasteiger partial charge is 0.471 e. The van der Waals surface area contributed by atoms with Crippen LogP contribution >= 0.6 is 35.1 Å². The average molecular weight is 1420 g/mol. The number of alkyl carbamates (subject to hydrolysis) is 1. The quantitative estimate of drug-likeness (QED) is 0.0426. The molecule has 4 aromatic heterocycles. The number of carbonyl (C=O) groups is 7. The second kappa shape index (κ2) is 28.1. The van der Waals surface area contributed by atoms with Gasteiger partial charge in [-0.05, 0) is 106 Å². The van der Waals surface area contributed by atoms with Crippen molar-refractivity contribution in [1.29, 1.82) is 0 Å². The van der Waals surface area contributed by atoms with E-state index in [-0.39, 0.29) is 62.9 Å². The number of hydrogen-bond donors (Lipinski definition) is 8. The fourth-order valence-corrected chi connectivity index (χ4v) is 15.6. The van der Waals surface area contributed by atoms with E-state index in [0.29, 0.717) is 59.1 Å². The van der Waals surface area contributed by atoms with Crippen LogP contribution in [0, 0.1) is 11.8 Å². The van der Waals surface area contributed by atoms with Gasteiger partial charge in [0.1, 0.15) is 64.4 Å². The van der Waals surface area contributed by atoms with Crippen molar-refractivity contribution in [3.8, 4) is 32.9 Å². The molecule has 6 aromatic rings. The highest BCUT2D eigenvalue weighted by Crippen LogP contribution is 2.47. The number of nitrogens with zero attached hydrogens (tertiary/aromatic N) is 6. The molecule has 0 bridgehead atoms. The van der Waals surface area contributed by atoms with E-state index in [9.17, 15) is 60.6 Å². The maximum absolute atomic E-state index is 14.1. The van der Waals surface area contributed by atoms with Crippen molar-refractivity contribution in [3.05, 3.63) is 109 Å². The van der Waals surface area contributed by atoms with Crippen molar-refractivity contribution < 1.29 is 74.8 Å². The highest BCUT2D eigenvalue weighted by Gasteiger charge is 2.63. The fourth-order valence-electron chi connectivity index (χ4n) is 11.5. The number of aromatic nitrogens is 4. The monoisotopic (exact) mass is 1420 g/mol. The van der Waals surface area contributed by atoms with E-state index in [1.165, 1.54) is 39.7 Å². The van der Waals surface area contributed by atoms with Gasteiger partial charge in [-0.15, -0.1) is 48.2 Å². The molecule has 9 N–H and O–H groups in total. The lowest BCUT2D eigenvalue weighted by molar-refractivity contribution is -0.141. The molecule has 2 aliphatic heterocycles. The van der Waals surface area contributed by atoms with Crippen LogP contribution in [0.25, 0.3) is 43.2 Å². The lowest BCUT2D eigenvalue weighted by Gasteiger charge is -2.29. The maximum atomic E-state index is 14.1. The van der Waals surface area contributed by atoms with E-state index in [0.717, 1.165) is 14.7 Å². The van der Waals surface area contributed by atoms with Gasteiger partial charge in [-0.1, -0.05) is 48.6 Å². The topological polar surface area (TPSA) is 400 Å². The number of aliphatic hydroxyl groups excluding tert-OH is 2. The minimum atomic E-state index is -3.92. The van der Waals surface area contributed by atoms with E-state index in [4.69, 9.17) is 34.9 Å². The average Bonchev–Trinajstić information content (AvgIpc) is 1.58. The molecule has 6 fully saturated rings. The summed E-state index contributed by atoms with van der Waals surface area (Å²) in [5, 5.41) is 30.0. The Bertz CT molecular complexity index is 4230. The molecule has 2 saturated heterocycles. The zero-order chi connectivity index (χ0) is 67.9. The Labute approximate surface area is 566 Å². The van der Waals surface area contributed by atoms with Gasteiger partial charge in [-0.3, -0.25) is 38.2 Å². The number of thiophene rings is 2. The van der Waals surface area contributed by atoms with Crippen LogP contribution in [0.4, 0.5) is 4.79 Å². The van der Waals surface area contributed by atoms with Crippen molar-refractivity contribution >= 4 is 119 Å². The number of carbonyl (C=O) groups excluding carboxylic acids is 7. The van der Waals surface area contributed by atoms with Crippen LogP contribution in [0.3, 0.4) is 0 Å². The van der Waals surface area contributed by atoms with Crippen LogP contribution < -0.4 is 40.6 Å². The second-order valence-corrected chi connectivity index (χ2v) is 31.0. The van der Waals surface area contributed by atoms with Gasteiger partial charge in [-0.25, -0.2) is 41.6 Å². The summed E-state index contributed by atoms with van der Waals surface area (Å²) < 4.78 is 72.5. The zero-order valence-electron chi connectivity index (χ0n) is 52.3. The third-order valence-corrected chi connectivity index (χ3v) is 22.4. The number of ether oxygens (including phenoxy) is 3. The molecule has 10 atom stereocenters. The van der Waals surface area contributed by atoms with Gasteiger partial charge in [0.05, 0.1) is 68.6 Å². The van der Waals surface area contributed by atoms with Crippen molar-refractivity contribution in [3.63, 3.8) is 0 Å². The van der Waals surface area contributed by atoms with Crippen molar-refractivity contribution in [1.82, 2.24) is 55.1 Å². The number of para-hydroxylation sites is 4. The van der Waals surface area contributed by atoms with Gasteiger partial charge in [0, 0.05) is 24.7 Å². The molecule has 512 valence electrons. The van der Waals surface area contributed by atoms with Crippen LogP contribution in [0.2, 0.25) is 0 Å². The summed E-state index contributed by atoms with van der Waals surface area (Å²) in [6, 6.07) is 16.9. The smallest absolute Gasteiger partial charge is 0.408 e. The molecule has 7 amide bonds. The Morgan fingerprint density at radius 3 is 1.40 bits per heavy atom. The highest BCUT2D eigenvalue weighted by molar-refractivity contribution is 7.91. The van der Waals surface area contributed by atoms with E-state index in [2.05, 4.69) is 43.5 Å². The number of likely N-dealkylation sites (tertiary alicyclic amines) is 2. The maximum Gasteiger partial charge on any atom is 0.408 e. The minimum Gasteiger partial charge on any atom is -0.471 e. The van der Waals surface area contributed by atoms with Crippen LogP contribution in [0.5, 0.6) is 11.8 Å². The number of hydrogen-bond acceptors (Lipinski definition) is 23. The van der Waals surface area contributed by atoms with Crippen LogP contribution in [0.1, 0.15) is 72.1 Å². The molecule has 96 heavy (non-hydrogen) atoms. The number of halogens is 1. The first kappa shape index (κ1) is 70.6. The van der Waals surface area contributed by atoms with Crippen molar-refractivity contribution in [2.45, 2.75) is 136 Å². The second-order valence-electron chi connectivity index (χ2n) is 25.2. The van der Waals surface area contributed by atoms with E-state index >= 15 is 0 Å². The number of benzene rings is 2. The first-order valence-corrected chi connectivity index (χ1v) is 35.6. The van der Waals surface area contributed by atoms with Crippen molar-refractivity contribution in [2.75, 3.05) is 26.3 Å². The Morgan fingerprint density at radius 2 is 1.05 bits per heavy atom. The van der Waals surface area contributed by atoms with Crippen LogP contribution in [0.15, 0.2) is 109 Å². The summed E-state index contributed by atoms with van der Waals surface area (Å²) in [7, 11) is -7.79. The molecule has 0 spiro atoms. The van der Waals surface area contributed by atoms with Crippen LogP contribution in [-0.2, 0) is 53.6 Å². The summed E-state index contributed by atoms with van der Waals surface area (Å²) in [6.07, 6.45) is 2.47. The van der Waals surface area contributed by atoms with Gasteiger partial charge in [0.15, 0.2) is 0 Å². The Balaban J connectivity index is 0.000000209. The molecule has 12 rings (SSSR count). The number of sulfonamides is 2. The van der Waals surface area contributed by atoms with E-state index < -0.39 is 150 Å². The Kier molecular flexibility index (Phi) is 20.6. The summed E-state index contributed by atoms with van der Waals surface area (Å²) in [5.41, 5.74) is 5.30. The number of nitrogens with two attached hydrogens (primary N) is 1. The standard InChI is InChI=1S/C34H40N6O9S2.C29H32N6O7S2.ClH/c1-5-19-16-34(19,31(44)39-51(46,47)21-12-13-21)38-28(42)25-15-20(17-40(25)30(43)24(18-41)37-32(45)49-33(2,3)4)48-29-27(26-11-8-14-50-26)35-22-9-6-7-10-23(22)36-29;1-2-16-13-29(16,28(39)34-44(40,41)18-9-10-18)33-25(37)22-12-17(14-35(22)27(38)19(30)15-36)42-26-24(23-8-5-11-43-23)31-20-6-3-4-7-21(20)32-26;/h5-11,14,19-21,24-25,41H,1,12-13,15-18H2,2-4H3,(H,37,45)(H,38,42)(H,39,44);2-8,11,16-19,22,36H,1,9-10,12-15,30H2,(H,33,37)(H,34,39);1H/t19-,20-,24+,25+,34-;16-,17-,19+,22+,29-;/m11./s1. The molecule has 6 heterocycles. The molecular formula is C63H73ClN12O16S4. The fraction of sp³-hybridized carbons (Fsp3) is 0.444. The van der Waals surface area contributed by atoms with E-state index in [1.807, 2.05) is 71.4 Å². The summed E-state index contributed by atoms with van der Waals surface area (Å²) >= 11 is 2.89. The zero-order valence-corrected chi connectivity index (χ0v) is 56.4. The third kappa shape index (κ3) is 15.3. The predicted octanol–water partition coefficient (Wildman–Crippen LogP) is 3.38. The normalized spacial score (nSPS) is 24.1. The van der Waals surface area contributed by atoms with E-state index in [1.54, 1.807) is 32.9 Å². The lowest BCUT2D eigenvalue weighted by Crippen LogP contribution is -2.59. The molecule has 6 aliphatic rings. The highest BCUT2D eigenvalue weighted by atomic mass is 35.5. The number of nitrogens with one attached hydrogen (secondary N) is 5. The minimum absolute atomic E-state index is 0. The number of rotatable bonds is 23. The van der Waals surface area contributed by atoms with Gasteiger partial charge in [0.25, 0.3) is 11.8 Å². The summed E-state index contributed by atoms with van der Waals surface area (Å²) in [4.78, 5) is 117. The number of aliphatic hydroxyl groups is 2. The van der Waals surface area contributed by atoms with Crippen molar-refractivity contribution in [2.24, 2.45) is 17.6 Å². The molecule has 28 nitrogen and oxygen atoms in total. The SMILES string of the molecule is C=C[C@@H]1C[C@]1(NC(=O)[C@@H]1C[C@@H](Oc2nc3ccccc3nc2-c2cccs2)CN1C(=O)[C@@H](N)CO)C(=O)NS(=O)(=O)C1CC1.C=C[C@@H]1C[C@]1(NC(=O)[C@@H]1C[C@@H](Oc2nc3ccccc3nc2-c2cccs2)CN1C(=O)[C@H](CO)NC(=O)OC(C)(C)C)C(=O)NS(=O)(=O)C1CC1.Cl. The first-order valence-electron chi connectivity index (χ1n) is 30.7. The van der Waals surface area contributed by atoms with Gasteiger partial charge in [-0.2, -0.15) is 0 Å². The Morgan fingerprint density at radius 1 is 0.646 bits per heavy atom. The number of fused-ring (bicyclic) bond motifs is 2. The summed E-state index contributed by atoms with van der Waals surface area (Å²) in [6.45, 7) is 10.7. The molecule has 0 unspecified atom stereocenters. The van der Waals surface area contributed by atoms with Gasteiger partial charge < -0.3 is 55.9 Å². The molecule has 2 aromatic carbocycles. The molecule has 4 aliphatic carbocycles. The third-order valence-electron chi connectivity index (χ3n) is 17.0. The Hall–Kier alpha value is -8.24. The summed E-state index contributed by atoms with van der Waals surface area (Å²) in [5.74, 6) is -5.30. The molecular weight excluding hydrogens is 1340 g/mol. The van der Waals surface area contributed by atoms with Crippen LogP contribution in [-0.4, -0.2) is 188 Å². The molecule has 4 saturated carbocycles. The molecule has 33 heteroatoms. The first-order chi connectivity index (χ1) is 45.2. The predicted molar refractivity (Wildman–Crippen MR) is 356 cm³/mol. The number of amides is 7. The van der Waals surface area contributed by atoms with Gasteiger partial charge in [0.2, 0.25) is 55.4 Å².